The molecule has 0 saturated carbocycles. The highest BCUT2D eigenvalue weighted by molar-refractivity contribution is 5.77. The first-order valence-electron chi connectivity index (χ1n) is 4.01. The van der Waals surface area contributed by atoms with Crippen molar-refractivity contribution in [2.24, 2.45) is 0 Å². The lowest BCUT2D eigenvalue weighted by atomic mass is 10.2. The minimum absolute atomic E-state index is 0.0950. The van der Waals surface area contributed by atoms with Gasteiger partial charge in [0.25, 0.3) is 0 Å². The van der Waals surface area contributed by atoms with Gasteiger partial charge in [-0.1, -0.05) is 6.92 Å². The van der Waals surface area contributed by atoms with Gasteiger partial charge in [-0.25, -0.2) is 0 Å². The largest absolute Gasteiger partial charge is 0.383 e. The molecule has 0 aromatic rings. The van der Waals surface area contributed by atoms with Gasteiger partial charge in [0.1, 0.15) is 6.61 Å². The van der Waals surface area contributed by atoms with E-state index in [4.69, 9.17) is 4.74 Å². The van der Waals surface area contributed by atoms with Crippen molar-refractivity contribution < 1.29 is 14.3 Å². The van der Waals surface area contributed by atoms with Crippen LogP contribution in [0.25, 0.3) is 0 Å². The van der Waals surface area contributed by atoms with Crippen LogP contribution in [-0.4, -0.2) is 39.4 Å². The standard InChI is InChI=1S/C8H17NO3/c1-4-7(5-11-2)9-8(10)6-12-3/h7H,4-6H2,1-3H3,(H,9,10). The minimum Gasteiger partial charge on any atom is -0.383 e. The lowest BCUT2D eigenvalue weighted by Gasteiger charge is -2.15. The van der Waals surface area contributed by atoms with Crippen molar-refractivity contribution in [2.75, 3.05) is 27.4 Å². The average molecular weight is 175 g/mol. The molecule has 1 amide bonds. The molecule has 0 aliphatic rings. The van der Waals surface area contributed by atoms with Crippen LogP contribution in [0.3, 0.4) is 0 Å². The fraction of sp³-hybridized carbons (Fsp3) is 0.875. The quantitative estimate of drug-likeness (QED) is 0.626. The summed E-state index contributed by atoms with van der Waals surface area (Å²) in [5, 5.41) is 2.78. The average Bonchev–Trinajstić information content (AvgIpc) is 2.04. The molecule has 72 valence electrons. The second kappa shape index (κ2) is 7.06. The van der Waals surface area contributed by atoms with Gasteiger partial charge in [0.15, 0.2) is 0 Å². The molecule has 0 aromatic heterocycles. The molecule has 0 saturated heterocycles. The Hall–Kier alpha value is -0.610. The molecule has 0 bridgehead atoms. The van der Waals surface area contributed by atoms with E-state index in [2.05, 4.69) is 10.1 Å². The van der Waals surface area contributed by atoms with E-state index in [1.807, 2.05) is 6.92 Å². The summed E-state index contributed by atoms with van der Waals surface area (Å²) in [5.74, 6) is -0.0959. The van der Waals surface area contributed by atoms with Gasteiger partial charge in [0, 0.05) is 14.2 Å². The van der Waals surface area contributed by atoms with Crippen LogP contribution in [0.2, 0.25) is 0 Å². The van der Waals surface area contributed by atoms with Crippen LogP contribution in [0, 0.1) is 0 Å². The first-order valence-corrected chi connectivity index (χ1v) is 4.01. The van der Waals surface area contributed by atoms with E-state index in [1.165, 1.54) is 7.11 Å². The van der Waals surface area contributed by atoms with Crippen molar-refractivity contribution >= 4 is 5.91 Å². The number of methoxy groups -OCH3 is 2. The van der Waals surface area contributed by atoms with Crippen LogP contribution in [0.5, 0.6) is 0 Å². The highest BCUT2D eigenvalue weighted by Crippen LogP contribution is 1.90. The number of amides is 1. The Morgan fingerprint density at radius 1 is 1.42 bits per heavy atom. The Morgan fingerprint density at radius 2 is 2.08 bits per heavy atom. The fourth-order valence-electron chi connectivity index (χ4n) is 0.863. The zero-order valence-electron chi connectivity index (χ0n) is 7.92. The van der Waals surface area contributed by atoms with E-state index < -0.39 is 0 Å². The van der Waals surface area contributed by atoms with Crippen molar-refractivity contribution in [3.05, 3.63) is 0 Å². The van der Waals surface area contributed by atoms with Gasteiger partial charge in [0.2, 0.25) is 5.91 Å². The molecule has 1 atom stereocenters. The second-order valence-corrected chi connectivity index (χ2v) is 2.56. The summed E-state index contributed by atoms with van der Waals surface area (Å²) in [6.45, 7) is 2.66. The van der Waals surface area contributed by atoms with Crippen LogP contribution < -0.4 is 5.32 Å². The van der Waals surface area contributed by atoms with E-state index >= 15 is 0 Å². The van der Waals surface area contributed by atoms with Crippen LogP contribution in [-0.2, 0) is 14.3 Å². The zero-order valence-corrected chi connectivity index (χ0v) is 7.92. The van der Waals surface area contributed by atoms with Crippen molar-refractivity contribution in [3.63, 3.8) is 0 Å². The molecule has 0 heterocycles. The van der Waals surface area contributed by atoms with Gasteiger partial charge < -0.3 is 14.8 Å². The van der Waals surface area contributed by atoms with Crippen molar-refractivity contribution in [1.82, 2.24) is 5.32 Å². The van der Waals surface area contributed by atoms with E-state index in [0.717, 1.165) is 6.42 Å². The summed E-state index contributed by atoms with van der Waals surface area (Å²) in [6.07, 6.45) is 0.864. The van der Waals surface area contributed by atoms with Crippen LogP contribution in [0.15, 0.2) is 0 Å². The maximum atomic E-state index is 11.0. The summed E-state index contributed by atoms with van der Waals surface area (Å²) in [7, 11) is 3.11. The zero-order chi connectivity index (χ0) is 9.40. The number of ether oxygens (including phenoxy) is 2. The van der Waals surface area contributed by atoms with Gasteiger partial charge in [-0.05, 0) is 6.42 Å². The number of hydrogen-bond acceptors (Lipinski definition) is 3. The second-order valence-electron chi connectivity index (χ2n) is 2.56. The number of rotatable bonds is 6. The first-order chi connectivity index (χ1) is 5.74. The van der Waals surface area contributed by atoms with Crippen molar-refractivity contribution in [3.8, 4) is 0 Å². The van der Waals surface area contributed by atoms with Crippen molar-refractivity contribution in [2.45, 2.75) is 19.4 Å². The van der Waals surface area contributed by atoms with Gasteiger partial charge >= 0.3 is 0 Å². The number of hydrogen-bond donors (Lipinski definition) is 1. The Labute approximate surface area is 73.2 Å². The van der Waals surface area contributed by atoms with Crippen LogP contribution >= 0.6 is 0 Å². The maximum absolute atomic E-state index is 11.0. The Kier molecular flexibility index (Phi) is 6.70. The van der Waals surface area contributed by atoms with Gasteiger partial charge in [0.05, 0.1) is 12.6 Å². The molecule has 1 N–H and O–H groups in total. The molecule has 4 nitrogen and oxygen atoms in total. The predicted molar refractivity (Wildman–Crippen MR) is 46.0 cm³/mol. The van der Waals surface area contributed by atoms with E-state index in [0.29, 0.717) is 6.61 Å². The molecular weight excluding hydrogens is 158 g/mol. The summed E-state index contributed by atoms with van der Waals surface area (Å²) in [6, 6.07) is 0.0950. The highest BCUT2D eigenvalue weighted by atomic mass is 16.5. The molecule has 0 fully saturated rings. The molecule has 0 aromatic carbocycles. The Morgan fingerprint density at radius 3 is 2.50 bits per heavy atom. The van der Waals surface area contributed by atoms with Gasteiger partial charge in [-0.3, -0.25) is 4.79 Å². The lowest BCUT2D eigenvalue weighted by molar-refractivity contribution is -0.125. The molecular formula is C8H17NO3. The first kappa shape index (κ1) is 11.4. The van der Waals surface area contributed by atoms with Gasteiger partial charge in [-0.2, -0.15) is 0 Å². The van der Waals surface area contributed by atoms with Gasteiger partial charge in [-0.15, -0.1) is 0 Å². The van der Waals surface area contributed by atoms with E-state index in [-0.39, 0.29) is 18.6 Å². The SMILES string of the molecule is CCC(COC)NC(=O)COC. The smallest absolute Gasteiger partial charge is 0.246 e. The fourth-order valence-corrected chi connectivity index (χ4v) is 0.863. The number of nitrogens with one attached hydrogen (secondary N) is 1. The van der Waals surface area contributed by atoms with Crippen LogP contribution in [0.1, 0.15) is 13.3 Å². The summed E-state index contributed by atoms with van der Waals surface area (Å²) in [4.78, 5) is 11.0. The third kappa shape index (κ3) is 5.09. The summed E-state index contributed by atoms with van der Waals surface area (Å²) < 4.78 is 9.59. The summed E-state index contributed by atoms with van der Waals surface area (Å²) in [5.41, 5.74) is 0. The molecule has 0 rings (SSSR count). The molecule has 0 aliphatic heterocycles. The minimum atomic E-state index is -0.0959. The lowest BCUT2D eigenvalue weighted by Crippen LogP contribution is -2.39. The number of carbonyl (C=O) groups excluding carboxylic acids is 1. The predicted octanol–water partition coefficient (Wildman–Crippen LogP) is 0.174. The topological polar surface area (TPSA) is 47.6 Å². The highest BCUT2D eigenvalue weighted by Gasteiger charge is 2.08. The van der Waals surface area contributed by atoms with E-state index in [9.17, 15) is 4.79 Å². The monoisotopic (exact) mass is 175 g/mol. The maximum Gasteiger partial charge on any atom is 0.246 e. The normalized spacial score (nSPS) is 12.6. The molecule has 0 radical (unpaired) electrons. The summed E-state index contributed by atoms with van der Waals surface area (Å²) >= 11 is 0. The molecule has 0 aliphatic carbocycles. The molecule has 4 heteroatoms. The third-order valence-corrected chi connectivity index (χ3v) is 1.50. The third-order valence-electron chi connectivity index (χ3n) is 1.50. The van der Waals surface area contributed by atoms with E-state index in [1.54, 1.807) is 7.11 Å². The Balaban J connectivity index is 3.61. The number of carbonyl (C=O) groups is 1. The molecule has 12 heavy (non-hydrogen) atoms. The molecule has 0 spiro atoms. The molecule has 1 unspecified atom stereocenters. The Bertz CT molecular complexity index is 127. The van der Waals surface area contributed by atoms with Crippen LogP contribution in [0.4, 0.5) is 0 Å². The van der Waals surface area contributed by atoms with Crippen molar-refractivity contribution in [1.29, 1.82) is 0 Å².